The van der Waals surface area contributed by atoms with Gasteiger partial charge in [-0.05, 0) is 17.7 Å². The molecule has 0 bridgehead atoms. The molecule has 78 valence electrons. The van der Waals surface area contributed by atoms with E-state index in [1.54, 1.807) is 23.0 Å². The third-order valence-electron chi connectivity index (χ3n) is 2.21. The van der Waals surface area contributed by atoms with Gasteiger partial charge >= 0.3 is 0 Å². The van der Waals surface area contributed by atoms with Crippen LogP contribution in [0.3, 0.4) is 0 Å². The molecule has 0 aliphatic heterocycles. The lowest BCUT2D eigenvalue weighted by molar-refractivity contribution is 0.627. The molecule has 0 radical (unpaired) electrons. The molecule has 1 aromatic heterocycles. The number of anilines is 1. The minimum absolute atomic E-state index is 0.209. The number of aromatic nitrogens is 2. The van der Waals surface area contributed by atoms with E-state index in [0.717, 1.165) is 11.4 Å². The minimum Gasteiger partial charge on any atom is -0.366 e. The second kappa shape index (κ2) is 4.13. The third-order valence-corrected chi connectivity index (χ3v) is 2.21. The van der Waals surface area contributed by atoms with Gasteiger partial charge in [0, 0.05) is 19.7 Å². The van der Waals surface area contributed by atoms with E-state index in [2.05, 4.69) is 10.4 Å². The second-order valence-corrected chi connectivity index (χ2v) is 3.32. The zero-order valence-corrected chi connectivity index (χ0v) is 8.44. The molecule has 0 atom stereocenters. The van der Waals surface area contributed by atoms with Crippen LogP contribution in [-0.4, -0.2) is 9.78 Å². The first-order valence-electron chi connectivity index (χ1n) is 4.72. The molecule has 1 N–H and O–H groups in total. The van der Waals surface area contributed by atoms with Crippen molar-refractivity contribution in [3.8, 4) is 0 Å². The molecule has 2 aromatic rings. The number of rotatable bonds is 3. The molecule has 0 aliphatic rings. The minimum atomic E-state index is -0.209. The summed E-state index contributed by atoms with van der Waals surface area (Å²) in [6.07, 6.45) is 1.73. The molecule has 0 unspecified atom stereocenters. The quantitative estimate of drug-likeness (QED) is 0.832. The Labute approximate surface area is 87.5 Å². The number of nitrogens with one attached hydrogen (secondary N) is 1. The van der Waals surface area contributed by atoms with Gasteiger partial charge in [-0.2, -0.15) is 5.10 Å². The maximum absolute atomic E-state index is 12.6. The fourth-order valence-corrected chi connectivity index (χ4v) is 1.34. The first-order valence-corrected chi connectivity index (χ1v) is 4.72. The average molecular weight is 205 g/mol. The maximum atomic E-state index is 12.6. The molecule has 4 heteroatoms. The van der Waals surface area contributed by atoms with Gasteiger partial charge in [-0.3, -0.25) is 4.68 Å². The highest BCUT2D eigenvalue weighted by Crippen LogP contribution is 2.08. The summed E-state index contributed by atoms with van der Waals surface area (Å²) in [6.45, 7) is 0.666. The highest BCUT2D eigenvalue weighted by molar-refractivity contribution is 5.34. The number of halogens is 1. The van der Waals surface area contributed by atoms with Crippen LogP contribution in [0.1, 0.15) is 5.56 Å². The van der Waals surface area contributed by atoms with Gasteiger partial charge < -0.3 is 5.32 Å². The summed E-state index contributed by atoms with van der Waals surface area (Å²) < 4.78 is 14.4. The Balaban J connectivity index is 1.99. The molecular formula is C11H12FN3. The fourth-order valence-electron chi connectivity index (χ4n) is 1.34. The van der Waals surface area contributed by atoms with Gasteiger partial charge in [-0.1, -0.05) is 12.1 Å². The second-order valence-electron chi connectivity index (χ2n) is 3.32. The summed E-state index contributed by atoms with van der Waals surface area (Å²) in [5.41, 5.74) is 1.04. The van der Waals surface area contributed by atoms with Crippen molar-refractivity contribution < 1.29 is 4.39 Å². The predicted octanol–water partition coefficient (Wildman–Crippen LogP) is 2.17. The Morgan fingerprint density at radius 1 is 1.27 bits per heavy atom. The smallest absolute Gasteiger partial charge is 0.124 e. The molecule has 2 rings (SSSR count). The lowest BCUT2D eigenvalue weighted by Crippen LogP contribution is -2.04. The topological polar surface area (TPSA) is 29.9 Å². The van der Waals surface area contributed by atoms with E-state index in [1.165, 1.54) is 12.1 Å². The average Bonchev–Trinajstić information content (AvgIpc) is 2.63. The van der Waals surface area contributed by atoms with Gasteiger partial charge in [-0.15, -0.1) is 0 Å². The maximum Gasteiger partial charge on any atom is 0.124 e. The van der Waals surface area contributed by atoms with Crippen LogP contribution in [-0.2, 0) is 13.6 Å². The highest BCUT2D eigenvalue weighted by atomic mass is 19.1. The molecule has 0 spiro atoms. The monoisotopic (exact) mass is 205 g/mol. The summed E-state index contributed by atoms with van der Waals surface area (Å²) >= 11 is 0. The molecule has 3 nitrogen and oxygen atoms in total. The standard InChI is InChI=1S/C11H12FN3/c1-15-11(6-7-14-15)13-8-9-2-4-10(12)5-3-9/h2-7,13H,8H2,1H3. The molecular weight excluding hydrogens is 193 g/mol. The van der Waals surface area contributed by atoms with Crippen molar-refractivity contribution in [1.82, 2.24) is 9.78 Å². The number of hydrogen-bond donors (Lipinski definition) is 1. The number of benzene rings is 1. The van der Waals surface area contributed by atoms with Gasteiger partial charge in [0.25, 0.3) is 0 Å². The van der Waals surface area contributed by atoms with Crippen molar-refractivity contribution in [1.29, 1.82) is 0 Å². The molecule has 0 saturated heterocycles. The number of aryl methyl sites for hydroxylation is 1. The first-order chi connectivity index (χ1) is 7.25. The zero-order chi connectivity index (χ0) is 10.7. The van der Waals surface area contributed by atoms with Crippen molar-refractivity contribution in [3.05, 3.63) is 47.9 Å². The molecule has 0 saturated carbocycles. The van der Waals surface area contributed by atoms with Crippen LogP contribution in [0.25, 0.3) is 0 Å². The third kappa shape index (κ3) is 2.34. The van der Waals surface area contributed by atoms with Crippen LogP contribution in [0.4, 0.5) is 10.2 Å². The van der Waals surface area contributed by atoms with E-state index in [0.29, 0.717) is 6.54 Å². The van der Waals surface area contributed by atoms with Crippen molar-refractivity contribution in [3.63, 3.8) is 0 Å². The summed E-state index contributed by atoms with van der Waals surface area (Å²) in [4.78, 5) is 0. The first kappa shape index (κ1) is 9.71. The Morgan fingerprint density at radius 3 is 2.60 bits per heavy atom. The van der Waals surface area contributed by atoms with Crippen molar-refractivity contribution in [2.45, 2.75) is 6.54 Å². The molecule has 15 heavy (non-hydrogen) atoms. The van der Waals surface area contributed by atoms with E-state index < -0.39 is 0 Å². The molecule has 1 aromatic carbocycles. The summed E-state index contributed by atoms with van der Waals surface area (Å²) in [5, 5.41) is 7.24. The van der Waals surface area contributed by atoms with Gasteiger partial charge in [0.05, 0.1) is 6.20 Å². The fraction of sp³-hybridized carbons (Fsp3) is 0.182. The number of nitrogens with zero attached hydrogens (tertiary/aromatic N) is 2. The normalized spacial score (nSPS) is 10.3. The molecule has 0 fully saturated rings. The predicted molar refractivity (Wildman–Crippen MR) is 56.9 cm³/mol. The summed E-state index contributed by atoms with van der Waals surface area (Å²) in [6, 6.07) is 8.33. The summed E-state index contributed by atoms with van der Waals surface area (Å²) in [5.74, 6) is 0.735. The lowest BCUT2D eigenvalue weighted by atomic mass is 10.2. The van der Waals surface area contributed by atoms with Crippen molar-refractivity contribution in [2.24, 2.45) is 7.05 Å². The van der Waals surface area contributed by atoms with E-state index in [4.69, 9.17) is 0 Å². The SMILES string of the molecule is Cn1nccc1NCc1ccc(F)cc1. The van der Waals surface area contributed by atoms with Gasteiger partial charge in [0.15, 0.2) is 0 Å². The Kier molecular flexibility index (Phi) is 2.67. The largest absolute Gasteiger partial charge is 0.366 e. The van der Waals surface area contributed by atoms with Crippen molar-refractivity contribution in [2.75, 3.05) is 5.32 Å². The lowest BCUT2D eigenvalue weighted by Gasteiger charge is -2.06. The van der Waals surface area contributed by atoms with Gasteiger partial charge in [-0.25, -0.2) is 4.39 Å². The zero-order valence-electron chi connectivity index (χ0n) is 8.44. The van der Waals surface area contributed by atoms with E-state index >= 15 is 0 Å². The van der Waals surface area contributed by atoms with E-state index in [9.17, 15) is 4.39 Å². The molecule has 1 heterocycles. The van der Waals surface area contributed by atoms with Crippen LogP contribution in [0.2, 0.25) is 0 Å². The number of hydrogen-bond acceptors (Lipinski definition) is 2. The van der Waals surface area contributed by atoms with Crippen LogP contribution in [0, 0.1) is 5.82 Å². The van der Waals surface area contributed by atoms with Crippen LogP contribution in [0.5, 0.6) is 0 Å². The Morgan fingerprint density at radius 2 is 2.00 bits per heavy atom. The van der Waals surface area contributed by atoms with E-state index in [-0.39, 0.29) is 5.82 Å². The van der Waals surface area contributed by atoms with Crippen molar-refractivity contribution >= 4 is 5.82 Å². The Bertz CT molecular complexity index is 433. The van der Waals surface area contributed by atoms with Gasteiger partial charge in [0.1, 0.15) is 11.6 Å². The van der Waals surface area contributed by atoms with Crippen LogP contribution < -0.4 is 5.32 Å². The van der Waals surface area contributed by atoms with E-state index in [1.807, 2.05) is 13.1 Å². The van der Waals surface area contributed by atoms with Crippen LogP contribution in [0.15, 0.2) is 36.5 Å². The van der Waals surface area contributed by atoms with Gasteiger partial charge in [0.2, 0.25) is 0 Å². The molecule has 0 aliphatic carbocycles. The Hall–Kier alpha value is -1.84. The summed E-state index contributed by atoms with van der Waals surface area (Å²) in [7, 11) is 1.87. The highest BCUT2D eigenvalue weighted by Gasteiger charge is 1.97. The van der Waals surface area contributed by atoms with Crippen LogP contribution >= 0.6 is 0 Å². The molecule has 0 amide bonds.